The average Bonchev–Trinajstić information content (AvgIpc) is 3.25. The summed E-state index contributed by atoms with van der Waals surface area (Å²) in [5.74, 6) is -0.0959. The van der Waals surface area contributed by atoms with Crippen molar-refractivity contribution >= 4 is 11.9 Å². The van der Waals surface area contributed by atoms with Crippen LogP contribution in [0.4, 0.5) is 0 Å². The van der Waals surface area contributed by atoms with Gasteiger partial charge in [0.2, 0.25) is 5.91 Å². The first-order valence-electron chi connectivity index (χ1n) is 26.6. The average molecular weight is 846 g/mol. The smallest absolute Gasteiger partial charge is 0.305 e. The summed E-state index contributed by atoms with van der Waals surface area (Å²) in [6.07, 6.45) is 58.7. The van der Waals surface area contributed by atoms with Crippen molar-refractivity contribution in [3.8, 4) is 0 Å². The zero-order chi connectivity index (χ0) is 43.7. The number of esters is 1. The highest BCUT2D eigenvalue weighted by molar-refractivity contribution is 5.76. The minimum absolute atomic E-state index is 0.0317. The van der Waals surface area contributed by atoms with Gasteiger partial charge in [-0.05, 0) is 77.0 Å². The molecule has 0 rings (SSSR count). The molecule has 0 saturated heterocycles. The highest BCUT2D eigenvalue weighted by Crippen LogP contribution is 2.16. The molecule has 2 atom stereocenters. The highest BCUT2D eigenvalue weighted by atomic mass is 16.5. The van der Waals surface area contributed by atoms with Crippen LogP contribution in [-0.4, -0.2) is 47.4 Å². The maximum Gasteiger partial charge on any atom is 0.305 e. The standard InChI is InChI=1S/C54H103NO5/c1-3-5-7-9-11-13-15-17-18-19-20-21-22-24-28-32-36-40-44-48-54(59)60-49-45-41-37-33-29-25-27-31-35-39-43-47-53(58)55-51(50-56)52(57)46-42-38-34-30-26-23-16-14-12-10-8-6-4-2/h17-18,29,33,51-52,56-57H,3-16,19-28,30-32,34-50H2,1-2H3,(H,55,58)/b18-17-,33-29-. The van der Waals surface area contributed by atoms with Crippen molar-refractivity contribution < 1.29 is 24.5 Å². The van der Waals surface area contributed by atoms with E-state index < -0.39 is 12.1 Å². The van der Waals surface area contributed by atoms with E-state index in [1.54, 1.807) is 0 Å². The van der Waals surface area contributed by atoms with E-state index in [9.17, 15) is 19.8 Å². The van der Waals surface area contributed by atoms with Gasteiger partial charge in [0.05, 0.1) is 25.4 Å². The Labute approximate surface area is 373 Å². The molecule has 0 aromatic rings. The first kappa shape index (κ1) is 58.3. The summed E-state index contributed by atoms with van der Waals surface area (Å²) in [4.78, 5) is 24.5. The van der Waals surface area contributed by atoms with Gasteiger partial charge in [0, 0.05) is 12.8 Å². The molecule has 2 unspecified atom stereocenters. The first-order valence-corrected chi connectivity index (χ1v) is 26.6. The van der Waals surface area contributed by atoms with Gasteiger partial charge in [0.25, 0.3) is 0 Å². The van der Waals surface area contributed by atoms with Gasteiger partial charge in [-0.15, -0.1) is 0 Å². The molecule has 0 spiro atoms. The Hall–Kier alpha value is -1.66. The van der Waals surface area contributed by atoms with E-state index in [1.807, 2.05) is 0 Å². The molecule has 6 heteroatoms. The Balaban J connectivity index is 3.49. The second-order valence-corrected chi connectivity index (χ2v) is 18.2. The Kier molecular flexibility index (Phi) is 48.6. The van der Waals surface area contributed by atoms with Gasteiger partial charge in [-0.25, -0.2) is 0 Å². The van der Waals surface area contributed by atoms with Crippen LogP contribution in [0.1, 0.15) is 284 Å². The van der Waals surface area contributed by atoms with Gasteiger partial charge < -0.3 is 20.3 Å². The maximum atomic E-state index is 12.4. The summed E-state index contributed by atoms with van der Waals surface area (Å²) in [6, 6.07) is -0.561. The normalized spacial score (nSPS) is 12.8. The van der Waals surface area contributed by atoms with E-state index in [4.69, 9.17) is 4.74 Å². The number of ether oxygens (including phenoxy) is 1. The van der Waals surface area contributed by atoms with Crippen molar-refractivity contribution in [2.75, 3.05) is 13.2 Å². The van der Waals surface area contributed by atoms with E-state index in [0.29, 0.717) is 25.9 Å². The molecule has 1 amide bonds. The van der Waals surface area contributed by atoms with Crippen LogP contribution in [0, 0.1) is 0 Å². The second-order valence-electron chi connectivity index (χ2n) is 18.2. The van der Waals surface area contributed by atoms with E-state index in [2.05, 4.69) is 43.5 Å². The maximum absolute atomic E-state index is 12.4. The van der Waals surface area contributed by atoms with E-state index in [1.165, 1.54) is 167 Å². The Morgan fingerprint density at radius 3 is 1.18 bits per heavy atom. The van der Waals surface area contributed by atoms with Crippen LogP contribution in [0.5, 0.6) is 0 Å². The number of amides is 1. The zero-order valence-electron chi connectivity index (χ0n) is 40.2. The number of carbonyl (C=O) groups excluding carboxylic acids is 2. The summed E-state index contributed by atoms with van der Waals surface area (Å²) >= 11 is 0. The zero-order valence-corrected chi connectivity index (χ0v) is 40.2. The van der Waals surface area contributed by atoms with E-state index in [0.717, 1.165) is 83.5 Å². The summed E-state index contributed by atoms with van der Waals surface area (Å²) in [5, 5.41) is 23.2. The molecule has 0 heterocycles. The number of nitrogens with one attached hydrogen (secondary N) is 1. The van der Waals surface area contributed by atoms with Crippen LogP contribution in [0.3, 0.4) is 0 Å². The summed E-state index contributed by atoms with van der Waals surface area (Å²) < 4.78 is 5.45. The van der Waals surface area contributed by atoms with Crippen LogP contribution in [-0.2, 0) is 14.3 Å². The van der Waals surface area contributed by atoms with Crippen LogP contribution in [0.15, 0.2) is 24.3 Å². The molecule has 6 nitrogen and oxygen atoms in total. The fraction of sp³-hybridized carbons (Fsp3) is 0.889. The monoisotopic (exact) mass is 846 g/mol. The molecule has 0 aromatic carbocycles. The molecule has 0 aliphatic rings. The lowest BCUT2D eigenvalue weighted by Gasteiger charge is -2.22. The van der Waals surface area contributed by atoms with Crippen LogP contribution >= 0.6 is 0 Å². The number of hydrogen-bond acceptors (Lipinski definition) is 5. The summed E-state index contributed by atoms with van der Waals surface area (Å²) in [7, 11) is 0. The van der Waals surface area contributed by atoms with Gasteiger partial charge in [0.15, 0.2) is 0 Å². The van der Waals surface area contributed by atoms with Gasteiger partial charge in [-0.2, -0.15) is 0 Å². The quantitative estimate of drug-likeness (QED) is 0.0322. The first-order chi connectivity index (χ1) is 29.5. The molecule has 0 radical (unpaired) electrons. The van der Waals surface area contributed by atoms with Crippen molar-refractivity contribution in [1.29, 1.82) is 0 Å². The second kappa shape index (κ2) is 50.0. The van der Waals surface area contributed by atoms with Gasteiger partial charge >= 0.3 is 5.97 Å². The van der Waals surface area contributed by atoms with Gasteiger partial charge in [0.1, 0.15) is 0 Å². The molecule has 60 heavy (non-hydrogen) atoms. The summed E-state index contributed by atoms with van der Waals surface area (Å²) in [6.45, 7) is 4.87. The number of aliphatic hydroxyl groups excluding tert-OH is 2. The Morgan fingerprint density at radius 1 is 0.450 bits per heavy atom. The molecule has 0 aromatic heterocycles. The van der Waals surface area contributed by atoms with Crippen molar-refractivity contribution in [2.45, 2.75) is 296 Å². The number of hydrogen-bond donors (Lipinski definition) is 3. The van der Waals surface area contributed by atoms with Crippen LogP contribution in [0.25, 0.3) is 0 Å². The molecule has 0 saturated carbocycles. The SMILES string of the molecule is CCCCCCCC/C=C\CCCCCCCCCCCC(=O)OCCCC/C=C\CCCCCCCC(=O)NC(CO)C(O)CCCCCCCCCCCCCCC. The number of allylic oxidation sites excluding steroid dienone is 4. The van der Waals surface area contributed by atoms with Crippen molar-refractivity contribution in [1.82, 2.24) is 5.32 Å². The predicted octanol–water partition coefficient (Wildman–Crippen LogP) is 15.9. The lowest BCUT2D eigenvalue weighted by Crippen LogP contribution is -2.45. The molecule has 0 aliphatic carbocycles. The van der Waals surface area contributed by atoms with Crippen molar-refractivity contribution in [2.24, 2.45) is 0 Å². The molecular weight excluding hydrogens is 743 g/mol. The van der Waals surface area contributed by atoms with Crippen LogP contribution < -0.4 is 5.32 Å². The summed E-state index contributed by atoms with van der Waals surface area (Å²) in [5.41, 5.74) is 0. The number of rotatable bonds is 49. The molecule has 0 aliphatic heterocycles. The topological polar surface area (TPSA) is 95.9 Å². The van der Waals surface area contributed by atoms with E-state index >= 15 is 0 Å². The number of aliphatic hydroxyl groups is 2. The fourth-order valence-corrected chi connectivity index (χ4v) is 8.10. The lowest BCUT2D eigenvalue weighted by atomic mass is 10.0. The lowest BCUT2D eigenvalue weighted by molar-refractivity contribution is -0.143. The third-order valence-electron chi connectivity index (χ3n) is 12.2. The largest absolute Gasteiger partial charge is 0.466 e. The number of carbonyl (C=O) groups is 2. The Morgan fingerprint density at radius 2 is 0.783 bits per heavy atom. The van der Waals surface area contributed by atoms with Crippen molar-refractivity contribution in [3.63, 3.8) is 0 Å². The highest BCUT2D eigenvalue weighted by Gasteiger charge is 2.20. The molecular formula is C54H103NO5. The molecule has 0 fully saturated rings. The minimum Gasteiger partial charge on any atom is -0.466 e. The molecule has 354 valence electrons. The van der Waals surface area contributed by atoms with Gasteiger partial charge in [-0.1, -0.05) is 218 Å². The van der Waals surface area contributed by atoms with E-state index in [-0.39, 0.29) is 18.5 Å². The predicted molar refractivity (Wildman–Crippen MR) is 260 cm³/mol. The number of unbranched alkanes of at least 4 members (excludes halogenated alkanes) is 34. The minimum atomic E-state index is -0.681. The molecule has 0 bridgehead atoms. The van der Waals surface area contributed by atoms with Gasteiger partial charge in [-0.3, -0.25) is 9.59 Å². The van der Waals surface area contributed by atoms with Crippen LogP contribution in [0.2, 0.25) is 0 Å². The third-order valence-corrected chi connectivity index (χ3v) is 12.2. The third kappa shape index (κ3) is 45.9. The molecule has 3 N–H and O–H groups in total. The Bertz CT molecular complexity index is 935. The van der Waals surface area contributed by atoms with Crippen molar-refractivity contribution in [3.05, 3.63) is 24.3 Å². The fourth-order valence-electron chi connectivity index (χ4n) is 8.10.